The van der Waals surface area contributed by atoms with Gasteiger partial charge in [0.15, 0.2) is 0 Å². The van der Waals surface area contributed by atoms with Crippen LogP contribution in [0.15, 0.2) is 0 Å². The van der Waals surface area contributed by atoms with Crippen LogP contribution in [0.4, 0.5) is 0 Å². The molecule has 2 N–H and O–H groups in total. The molecule has 8 nitrogen and oxygen atoms in total. The van der Waals surface area contributed by atoms with Crippen molar-refractivity contribution < 1.29 is 29.4 Å². The second kappa shape index (κ2) is 9.71. The van der Waals surface area contributed by atoms with Gasteiger partial charge in [-0.2, -0.15) is 0 Å². The molecular formula is C19H28N2O6-2. The second-order valence-electron chi connectivity index (χ2n) is 7.79. The highest BCUT2D eigenvalue weighted by Crippen LogP contribution is 2.31. The van der Waals surface area contributed by atoms with Crippen LogP contribution in [0.3, 0.4) is 0 Å². The first-order valence-corrected chi connectivity index (χ1v) is 9.81. The van der Waals surface area contributed by atoms with Gasteiger partial charge in [0.2, 0.25) is 11.8 Å². The molecule has 5 atom stereocenters. The fraction of sp³-hybridized carbons (Fsp3) is 0.789. The van der Waals surface area contributed by atoms with Crippen LogP contribution in [0.25, 0.3) is 0 Å². The van der Waals surface area contributed by atoms with Crippen LogP contribution in [0, 0.1) is 23.7 Å². The van der Waals surface area contributed by atoms with Gasteiger partial charge in [0.1, 0.15) is 0 Å². The first kappa shape index (κ1) is 21.2. The maximum Gasteiger partial charge on any atom is 0.224 e. The Morgan fingerprint density at radius 1 is 0.778 bits per heavy atom. The van der Waals surface area contributed by atoms with E-state index in [2.05, 4.69) is 10.6 Å². The van der Waals surface area contributed by atoms with Crippen LogP contribution in [0.1, 0.15) is 58.3 Å². The maximum absolute atomic E-state index is 12.4. The third-order valence-electron chi connectivity index (χ3n) is 5.78. The lowest BCUT2D eigenvalue weighted by atomic mass is 9.78. The van der Waals surface area contributed by atoms with Gasteiger partial charge in [0.05, 0.1) is 0 Å². The van der Waals surface area contributed by atoms with Crippen LogP contribution in [-0.2, 0) is 19.2 Å². The van der Waals surface area contributed by atoms with Gasteiger partial charge < -0.3 is 30.4 Å². The average Bonchev–Trinajstić information content (AvgIpc) is 2.65. The van der Waals surface area contributed by atoms with Crippen LogP contribution < -0.4 is 20.8 Å². The van der Waals surface area contributed by atoms with E-state index in [1.807, 2.05) is 0 Å². The molecule has 0 bridgehead atoms. The van der Waals surface area contributed by atoms with E-state index in [1.165, 1.54) is 0 Å². The summed E-state index contributed by atoms with van der Waals surface area (Å²) in [5, 5.41) is 27.9. The first-order valence-electron chi connectivity index (χ1n) is 9.81. The molecule has 2 amide bonds. The van der Waals surface area contributed by atoms with E-state index >= 15 is 0 Å². The first-order chi connectivity index (χ1) is 12.8. The lowest BCUT2D eigenvalue weighted by molar-refractivity contribution is -0.315. The van der Waals surface area contributed by atoms with Crippen LogP contribution in [0.2, 0.25) is 0 Å². The Morgan fingerprint density at radius 2 is 1.19 bits per heavy atom. The van der Waals surface area contributed by atoms with Crippen molar-refractivity contribution >= 4 is 23.8 Å². The fourth-order valence-electron chi connectivity index (χ4n) is 4.24. The Hall–Kier alpha value is -2.12. The molecule has 0 radical (unpaired) electrons. The Balaban J connectivity index is 1.83. The number of hydrogen-bond donors (Lipinski definition) is 2. The molecule has 0 saturated heterocycles. The summed E-state index contributed by atoms with van der Waals surface area (Å²) in [7, 11) is 0. The molecule has 0 spiro atoms. The quantitative estimate of drug-likeness (QED) is 0.564. The van der Waals surface area contributed by atoms with E-state index in [4.69, 9.17) is 0 Å². The van der Waals surface area contributed by atoms with Gasteiger partial charge in [-0.25, -0.2) is 0 Å². The molecule has 0 aliphatic heterocycles. The predicted octanol–water partition coefficient (Wildman–Crippen LogP) is -1.28. The molecule has 2 fully saturated rings. The van der Waals surface area contributed by atoms with Gasteiger partial charge in [0, 0.05) is 48.2 Å². The summed E-state index contributed by atoms with van der Waals surface area (Å²) in [5.74, 6) is -5.81. The molecule has 0 aromatic carbocycles. The lowest BCUT2D eigenvalue weighted by Gasteiger charge is -2.33. The minimum Gasteiger partial charge on any atom is -0.550 e. The Kier molecular flexibility index (Phi) is 7.62. The molecule has 8 heteroatoms. The summed E-state index contributed by atoms with van der Waals surface area (Å²) in [5.41, 5.74) is 0. The molecule has 2 aliphatic carbocycles. The molecule has 2 aliphatic rings. The third-order valence-corrected chi connectivity index (χ3v) is 5.78. The molecule has 2 saturated carbocycles. The van der Waals surface area contributed by atoms with Crippen molar-refractivity contribution in [1.82, 2.24) is 10.6 Å². The number of aliphatic carboxylic acids is 2. The van der Waals surface area contributed by atoms with Crippen molar-refractivity contribution in [3.8, 4) is 0 Å². The van der Waals surface area contributed by atoms with Gasteiger partial charge >= 0.3 is 0 Å². The smallest absolute Gasteiger partial charge is 0.224 e. The summed E-state index contributed by atoms with van der Waals surface area (Å²) in [6.07, 6.45) is 5.07. The molecule has 27 heavy (non-hydrogen) atoms. The molecule has 2 rings (SSSR count). The third kappa shape index (κ3) is 5.68. The highest BCUT2D eigenvalue weighted by molar-refractivity contribution is 5.85. The van der Waals surface area contributed by atoms with Crippen molar-refractivity contribution in [1.29, 1.82) is 0 Å². The molecular weight excluding hydrogens is 352 g/mol. The van der Waals surface area contributed by atoms with E-state index in [0.717, 1.165) is 25.7 Å². The van der Waals surface area contributed by atoms with Crippen LogP contribution in [-0.4, -0.2) is 36.3 Å². The highest BCUT2D eigenvalue weighted by atomic mass is 16.4. The molecule has 152 valence electrons. The normalized spacial score (nSPS) is 29.4. The lowest BCUT2D eigenvalue weighted by Crippen LogP contribution is -2.50. The summed E-state index contributed by atoms with van der Waals surface area (Å²) in [4.78, 5) is 47.2. The fourth-order valence-corrected chi connectivity index (χ4v) is 4.24. The van der Waals surface area contributed by atoms with E-state index < -0.39 is 41.7 Å². The topological polar surface area (TPSA) is 138 Å². The number of carbonyl (C=O) groups is 4. The van der Waals surface area contributed by atoms with Gasteiger partial charge in [-0.15, -0.1) is 0 Å². The minimum absolute atomic E-state index is 0.156. The number of carboxylic acids is 2. The van der Waals surface area contributed by atoms with Crippen LogP contribution in [0.5, 0.6) is 0 Å². The summed E-state index contributed by atoms with van der Waals surface area (Å²) < 4.78 is 0. The Morgan fingerprint density at radius 3 is 1.63 bits per heavy atom. The molecule has 0 heterocycles. The molecule has 0 aromatic heterocycles. The van der Waals surface area contributed by atoms with Gasteiger partial charge in [-0.3, -0.25) is 9.59 Å². The van der Waals surface area contributed by atoms with Crippen molar-refractivity contribution in [3.63, 3.8) is 0 Å². The van der Waals surface area contributed by atoms with Crippen molar-refractivity contribution in [2.75, 3.05) is 6.54 Å². The van der Waals surface area contributed by atoms with E-state index in [9.17, 15) is 29.4 Å². The monoisotopic (exact) mass is 380 g/mol. The van der Waals surface area contributed by atoms with Gasteiger partial charge in [0.25, 0.3) is 0 Å². The molecule has 0 unspecified atom stereocenters. The maximum atomic E-state index is 12.4. The number of carboxylic acid groups (broad SMARTS) is 2. The van der Waals surface area contributed by atoms with Crippen molar-refractivity contribution in [3.05, 3.63) is 0 Å². The Labute approximate surface area is 159 Å². The largest absolute Gasteiger partial charge is 0.550 e. The second-order valence-corrected chi connectivity index (χ2v) is 7.79. The van der Waals surface area contributed by atoms with Gasteiger partial charge in [-0.1, -0.05) is 25.7 Å². The zero-order chi connectivity index (χ0) is 20.0. The number of rotatable bonds is 7. The van der Waals surface area contributed by atoms with Gasteiger partial charge in [-0.05, 0) is 32.6 Å². The summed E-state index contributed by atoms with van der Waals surface area (Å²) in [6.45, 7) is 1.87. The minimum atomic E-state index is -1.19. The number of nitrogens with one attached hydrogen (secondary N) is 2. The predicted molar refractivity (Wildman–Crippen MR) is 91.5 cm³/mol. The van der Waals surface area contributed by atoms with E-state index in [1.54, 1.807) is 6.92 Å². The number of carbonyl (C=O) groups excluding carboxylic acids is 4. The standard InChI is InChI=1S/C19H30N2O6/c1-11(21-17(23)13-7-3-5-9-15(13)19(26)27)10-20-16(22)12-6-2-4-8-14(12)18(24)25/h11-15H,2-10H2,1H3,(H,20,22)(H,21,23)(H,24,25)(H,26,27)/p-2/t11-,12+,13+,14-,15-/m1/s1. The zero-order valence-corrected chi connectivity index (χ0v) is 15.7. The summed E-state index contributed by atoms with van der Waals surface area (Å²) >= 11 is 0. The van der Waals surface area contributed by atoms with E-state index in [0.29, 0.717) is 25.7 Å². The zero-order valence-electron chi connectivity index (χ0n) is 15.7. The number of hydrogen-bond acceptors (Lipinski definition) is 6. The average molecular weight is 380 g/mol. The summed E-state index contributed by atoms with van der Waals surface area (Å²) in [6, 6.07) is -0.393. The van der Waals surface area contributed by atoms with E-state index in [-0.39, 0.29) is 18.4 Å². The van der Waals surface area contributed by atoms with Crippen molar-refractivity contribution in [2.45, 2.75) is 64.3 Å². The highest BCUT2D eigenvalue weighted by Gasteiger charge is 2.33. The van der Waals surface area contributed by atoms with Crippen molar-refractivity contribution in [2.24, 2.45) is 23.7 Å². The molecule has 0 aromatic rings. The SMILES string of the molecule is C[C@H](CNC(=O)[C@H]1CCCC[C@H]1C(=O)[O-])NC(=O)[C@H]1CCCC[C@H]1C(=O)[O-]. The number of amides is 2. The van der Waals surface area contributed by atoms with Crippen LogP contribution >= 0.6 is 0 Å². The Bertz CT molecular complexity index is 579.